The molecule has 7 nitrogen and oxygen atoms in total. The molecule has 0 radical (unpaired) electrons. The molecule has 2 aromatic heterocycles. The summed E-state index contributed by atoms with van der Waals surface area (Å²) in [6, 6.07) is 0.719. The van der Waals surface area contributed by atoms with Crippen LogP contribution in [0.2, 0.25) is 0 Å². The van der Waals surface area contributed by atoms with E-state index in [1.165, 1.54) is 12.4 Å². The van der Waals surface area contributed by atoms with Crippen molar-refractivity contribution in [2.75, 3.05) is 26.7 Å². The maximum atomic E-state index is 13.5. The first-order valence-electron chi connectivity index (χ1n) is 9.25. The molecule has 1 aliphatic rings. The fraction of sp³-hybridized carbons (Fsp3) is 0.500. The third kappa shape index (κ3) is 5.53. The van der Waals surface area contributed by atoms with Gasteiger partial charge in [0.1, 0.15) is 12.7 Å². The van der Waals surface area contributed by atoms with Crippen LogP contribution in [0.3, 0.4) is 0 Å². The number of rotatable bonds is 5. The molecule has 3 heterocycles. The highest BCUT2D eigenvalue weighted by Crippen LogP contribution is 2.40. The van der Waals surface area contributed by atoms with Gasteiger partial charge in [0.25, 0.3) is 5.91 Å². The summed E-state index contributed by atoms with van der Waals surface area (Å²) in [5.74, 6) is -0.992. The summed E-state index contributed by atoms with van der Waals surface area (Å²) in [6.45, 7) is -0.846. The molecule has 3 rings (SSSR count). The second kappa shape index (κ2) is 9.00. The number of hydrogen-bond acceptors (Lipinski definition) is 6. The number of nitrogens with one attached hydrogen (secondary N) is 1. The lowest BCUT2D eigenvalue weighted by atomic mass is 10.2. The van der Waals surface area contributed by atoms with Gasteiger partial charge in [0.05, 0.1) is 34.3 Å². The molecule has 2 aromatic rings. The predicted molar refractivity (Wildman–Crippen MR) is 101 cm³/mol. The first kappa shape index (κ1) is 23.9. The van der Waals surface area contributed by atoms with E-state index in [4.69, 9.17) is 4.74 Å². The molecule has 176 valence electrons. The number of thiophene rings is 1. The number of halogens is 6. The highest BCUT2D eigenvalue weighted by Gasteiger charge is 2.36. The van der Waals surface area contributed by atoms with Crippen LogP contribution in [-0.2, 0) is 10.9 Å². The minimum Gasteiger partial charge on any atom is -0.472 e. The second-order valence-electron chi connectivity index (χ2n) is 6.87. The highest BCUT2D eigenvalue weighted by molar-refractivity contribution is 7.17. The lowest BCUT2D eigenvalue weighted by Crippen LogP contribution is -2.32. The summed E-state index contributed by atoms with van der Waals surface area (Å²) in [6.07, 6.45) is -12.0. The maximum absolute atomic E-state index is 13.5. The Labute approximate surface area is 181 Å². The predicted octanol–water partition coefficient (Wildman–Crippen LogP) is 4.22. The molecule has 1 N–H and O–H groups in total. The van der Waals surface area contributed by atoms with E-state index < -0.39 is 49.0 Å². The van der Waals surface area contributed by atoms with Gasteiger partial charge in [0, 0.05) is 31.5 Å². The van der Waals surface area contributed by atoms with Crippen LogP contribution in [0.4, 0.5) is 31.1 Å². The fourth-order valence-corrected chi connectivity index (χ4v) is 4.08. The zero-order chi connectivity index (χ0) is 23.7. The molecule has 2 amide bonds. The molecule has 1 atom stereocenters. The number of carbonyl (C=O) groups is 2. The summed E-state index contributed by atoms with van der Waals surface area (Å²) >= 11 is 0.728. The first-order valence-corrected chi connectivity index (χ1v) is 10.1. The van der Waals surface area contributed by atoms with Gasteiger partial charge in [-0.2, -0.15) is 26.3 Å². The van der Waals surface area contributed by atoms with Gasteiger partial charge in [-0.25, -0.2) is 9.78 Å². The number of fused-ring (bicyclic) bond motifs is 1. The Balaban J connectivity index is 1.75. The number of ether oxygens (including phenoxy) is 2. The number of amides is 2. The molecule has 1 fully saturated rings. The third-order valence-corrected chi connectivity index (χ3v) is 5.58. The first-order chi connectivity index (χ1) is 14.9. The molecule has 0 aliphatic carbocycles. The van der Waals surface area contributed by atoms with Crippen molar-refractivity contribution in [3.05, 3.63) is 22.6 Å². The quantitative estimate of drug-likeness (QED) is 0.642. The van der Waals surface area contributed by atoms with E-state index in [-0.39, 0.29) is 41.2 Å². The monoisotopic (exact) mass is 485 g/mol. The van der Waals surface area contributed by atoms with E-state index in [0.29, 0.717) is 0 Å². The molecule has 1 saturated heterocycles. The van der Waals surface area contributed by atoms with Gasteiger partial charge in [-0.3, -0.25) is 4.79 Å². The van der Waals surface area contributed by atoms with Crippen LogP contribution in [0.25, 0.3) is 10.2 Å². The average molecular weight is 485 g/mol. The van der Waals surface area contributed by atoms with Crippen molar-refractivity contribution >= 4 is 33.6 Å². The van der Waals surface area contributed by atoms with E-state index in [1.54, 1.807) is 0 Å². The molecule has 0 aromatic carbocycles. The Morgan fingerprint density at radius 3 is 2.62 bits per heavy atom. The highest BCUT2D eigenvalue weighted by atomic mass is 32.1. The van der Waals surface area contributed by atoms with E-state index >= 15 is 0 Å². The molecular weight excluding hydrogens is 468 g/mol. The van der Waals surface area contributed by atoms with Crippen LogP contribution in [0.1, 0.15) is 28.8 Å². The van der Waals surface area contributed by atoms with Gasteiger partial charge >= 0.3 is 18.4 Å². The summed E-state index contributed by atoms with van der Waals surface area (Å²) < 4.78 is 87.0. The topological polar surface area (TPSA) is 80.8 Å². The molecule has 14 heteroatoms. The van der Waals surface area contributed by atoms with Gasteiger partial charge < -0.3 is 19.7 Å². The minimum atomic E-state index is -4.73. The Morgan fingerprint density at radius 2 is 2.00 bits per heavy atom. The lowest BCUT2D eigenvalue weighted by Gasteiger charge is -2.18. The zero-order valence-corrected chi connectivity index (χ0v) is 17.3. The summed E-state index contributed by atoms with van der Waals surface area (Å²) in [5, 5.41) is 3.60. The summed E-state index contributed by atoms with van der Waals surface area (Å²) in [5.41, 5.74) is -1.22. The average Bonchev–Trinajstić information content (AvgIpc) is 3.32. The standard InChI is InChI=1S/C18H17F6N3O4S/c1-25-15(28)10-8-32-14-11(18(22,23)24)6-12(26-13(10)14)31-9-2-4-27(7-9)16(29)30-5-3-17(19,20)21/h6,8-9H,2-5,7H2,1H3,(H,25,28)/t9-/m0/s1. The van der Waals surface area contributed by atoms with Crippen LogP contribution in [0, 0.1) is 0 Å². The maximum Gasteiger partial charge on any atom is 0.418 e. The van der Waals surface area contributed by atoms with E-state index in [2.05, 4.69) is 15.0 Å². The smallest absolute Gasteiger partial charge is 0.418 e. The molecular formula is C18H17F6N3O4S. The lowest BCUT2D eigenvalue weighted by molar-refractivity contribution is -0.141. The second-order valence-corrected chi connectivity index (χ2v) is 7.75. The number of hydrogen-bond donors (Lipinski definition) is 1. The van der Waals surface area contributed by atoms with Crippen LogP contribution in [-0.4, -0.2) is 60.9 Å². The van der Waals surface area contributed by atoms with Crippen molar-refractivity contribution in [3.8, 4) is 5.88 Å². The van der Waals surface area contributed by atoms with Gasteiger partial charge in [-0.15, -0.1) is 11.3 Å². The number of nitrogens with zero attached hydrogens (tertiary/aromatic N) is 2. The van der Waals surface area contributed by atoms with Crippen LogP contribution in [0.5, 0.6) is 5.88 Å². The van der Waals surface area contributed by atoms with Crippen LogP contribution >= 0.6 is 11.3 Å². The van der Waals surface area contributed by atoms with E-state index in [1.807, 2.05) is 0 Å². The molecule has 0 bridgehead atoms. The van der Waals surface area contributed by atoms with Gasteiger partial charge in [-0.05, 0) is 0 Å². The number of carbonyl (C=O) groups excluding carboxylic acids is 2. The van der Waals surface area contributed by atoms with Crippen molar-refractivity contribution in [2.45, 2.75) is 31.3 Å². The number of aromatic nitrogens is 1. The Morgan fingerprint density at radius 1 is 1.28 bits per heavy atom. The van der Waals surface area contributed by atoms with Crippen molar-refractivity contribution < 1.29 is 45.4 Å². The Hall–Kier alpha value is -2.77. The minimum absolute atomic E-state index is 0.0373. The van der Waals surface area contributed by atoms with E-state index in [9.17, 15) is 35.9 Å². The SMILES string of the molecule is CNC(=O)c1csc2c(C(F)(F)F)cc(O[C@H]3CCN(C(=O)OCCC(F)(F)F)C3)nc12. The zero-order valence-electron chi connectivity index (χ0n) is 16.5. The van der Waals surface area contributed by atoms with Crippen molar-refractivity contribution in [1.82, 2.24) is 15.2 Å². The largest absolute Gasteiger partial charge is 0.472 e. The van der Waals surface area contributed by atoms with Gasteiger partial charge in [0.2, 0.25) is 5.88 Å². The summed E-state index contributed by atoms with van der Waals surface area (Å²) in [7, 11) is 1.33. The number of pyridine rings is 1. The Bertz CT molecular complexity index is 1010. The van der Waals surface area contributed by atoms with Gasteiger partial charge in [0.15, 0.2) is 0 Å². The number of alkyl halides is 6. The molecule has 32 heavy (non-hydrogen) atoms. The molecule has 1 aliphatic heterocycles. The van der Waals surface area contributed by atoms with Gasteiger partial charge in [-0.1, -0.05) is 0 Å². The summed E-state index contributed by atoms with van der Waals surface area (Å²) in [4.78, 5) is 29.0. The fourth-order valence-electron chi connectivity index (χ4n) is 3.06. The normalized spacial score (nSPS) is 17.0. The molecule has 0 saturated carbocycles. The molecule has 0 unspecified atom stereocenters. The number of likely N-dealkylation sites (tertiary alicyclic amines) is 1. The third-order valence-electron chi connectivity index (χ3n) is 4.58. The van der Waals surface area contributed by atoms with E-state index in [0.717, 1.165) is 22.3 Å². The molecule has 0 spiro atoms. The van der Waals surface area contributed by atoms with Crippen molar-refractivity contribution in [1.29, 1.82) is 0 Å². The van der Waals surface area contributed by atoms with Crippen LogP contribution in [0.15, 0.2) is 11.4 Å². The van der Waals surface area contributed by atoms with Crippen LogP contribution < -0.4 is 10.1 Å². The van der Waals surface area contributed by atoms with Crippen molar-refractivity contribution in [2.24, 2.45) is 0 Å². The Kier molecular flexibility index (Phi) is 6.72. The van der Waals surface area contributed by atoms with Crippen molar-refractivity contribution in [3.63, 3.8) is 0 Å².